The molecule has 1 amide bonds. The van der Waals surface area contributed by atoms with Crippen LogP contribution in [0.3, 0.4) is 0 Å². The SMILES string of the molecule is Cc1ccc(CN2CCN(S(=O)(=O)c3ccc4c(c3)C(C)(C)CC(=O)N4C)CC2)cc1. The van der Waals surface area contributed by atoms with Gasteiger partial charge in [0.2, 0.25) is 15.9 Å². The van der Waals surface area contributed by atoms with Crippen molar-refractivity contribution in [3.05, 3.63) is 59.2 Å². The monoisotopic (exact) mass is 441 g/mol. The third kappa shape index (κ3) is 4.27. The quantitative estimate of drug-likeness (QED) is 0.731. The molecular weight excluding hydrogens is 410 g/mol. The highest BCUT2D eigenvalue weighted by Gasteiger charge is 2.37. The third-order valence-corrected chi connectivity index (χ3v) is 8.42. The van der Waals surface area contributed by atoms with E-state index < -0.39 is 15.4 Å². The van der Waals surface area contributed by atoms with Gasteiger partial charge in [-0.05, 0) is 36.2 Å². The minimum atomic E-state index is -3.58. The highest BCUT2D eigenvalue weighted by atomic mass is 32.2. The van der Waals surface area contributed by atoms with Gasteiger partial charge in [-0.15, -0.1) is 0 Å². The summed E-state index contributed by atoms with van der Waals surface area (Å²) >= 11 is 0. The van der Waals surface area contributed by atoms with Crippen LogP contribution in [-0.4, -0.2) is 56.8 Å². The van der Waals surface area contributed by atoms with Crippen LogP contribution in [0.15, 0.2) is 47.4 Å². The number of benzene rings is 2. The van der Waals surface area contributed by atoms with Gasteiger partial charge in [-0.3, -0.25) is 9.69 Å². The van der Waals surface area contributed by atoms with Crippen molar-refractivity contribution >= 4 is 21.6 Å². The highest BCUT2D eigenvalue weighted by Crippen LogP contribution is 2.41. The molecule has 0 aromatic heterocycles. The van der Waals surface area contributed by atoms with Gasteiger partial charge in [-0.1, -0.05) is 43.7 Å². The van der Waals surface area contributed by atoms with Crippen molar-refractivity contribution in [3.8, 4) is 0 Å². The lowest BCUT2D eigenvalue weighted by Gasteiger charge is -2.38. The first-order valence-corrected chi connectivity index (χ1v) is 12.2. The Morgan fingerprint density at radius 1 is 0.968 bits per heavy atom. The molecule has 0 N–H and O–H groups in total. The Bertz CT molecular complexity index is 1090. The smallest absolute Gasteiger partial charge is 0.243 e. The fourth-order valence-corrected chi connectivity index (χ4v) is 5.91. The van der Waals surface area contributed by atoms with Gasteiger partial charge in [-0.25, -0.2) is 8.42 Å². The van der Waals surface area contributed by atoms with E-state index in [-0.39, 0.29) is 5.91 Å². The van der Waals surface area contributed by atoms with Gasteiger partial charge in [-0.2, -0.15) is 4.31 Å². The number of amides is 1. The number of sulfonamides is 1. The van der Waals surface area contributed by atoms with E-state index in [1.165, 1.54) is 11.1 Å². The van der Waals surface area contributed by atoms with Crippen LogP contribution in [0.4, 0.5) is 5.69 Å². The van der Waals surface area contributed by atoms with Crippen LogP contribution in [0, 0.1) is 6.92 Å². The number of aryl methyl sites for hydroxylation is 1. The average molecular weight is 442 g/mol. The number of carbonyl (C=O) groups excluding carboxylic acids is 1. The van der Waals surface area contributed by atoms with Gasteiger partial charge >= 0.3 is 0 Å². The molecule has 2 aliphatic rings. The maximum atomic E-state index is 13.4. The highest BCUT2D eigenvalue weighted by molar-refractivity contribution is 7.89. The van der Waals surface area contributed by atoms with Crippen LogP contribution < -0.4 is 4.90 Å². The molecule has 7 heteroatoms. The van der Waals surface area contributed by atoms with Crippen molar-refractivity contribution in [3.63, 3.8) is 0 Å². The second-order valence-corrected chi connectivity index (χ2v) is 11.3. The molecule has 2 aromatic rings. The number of anilines is 1. The number of hydrogen-bond acceptors (Lipinski definition) is 4. The number of fused-ring (bicyclic) bond motifs is 1. The molecule has 1 fully saturated rings. The third-order valence-electron chi connectivity index (χ3n) is 6.52. The van der Waals surface area contributed by atoms with E-state index in [1.54, 1.807) is 34.5 Å². The molecule has 6 nitrogen and oxygen atoms in total. The number of piperazine rings is 1. The molecule has 0 atom stereocenters. The number of carbonyl (C=O) groups is 1. The van der Waals surface area contributed by atoms with Gasteiger partial charge in [0, 0.05) is 57.3 Å². The van der Waals surface area contributed by atoms with Crippen molar-refractivity contribution in [2.45, 2.75) is 44.0 Å². The van der Waals surface area contributed by atoms with E-state index in [0.717, 1.165) is 17.8 Å². The summed E-state index contributed by atoms with van der Waals surface area (Å²) in [6.07, 6.45) is 0.373. The summed E-state index contributed by atoms with van der Waals surface area (Å²) < 4.78 is 28.3. The molecule has 0 spiro atoms. The topological polar surface area (TPSA) is 60.9 Å². The predicted molar refractivity (Wildman–Crippen MR) is 123 cm³/mol. The summed E-state index contributed by atoms with van der Waals surface area (Å²) in [6.45, 7) is 9.28. The van der Waals surface area contributed by atoms with Gasteiger partial charge in [0.1, 0.15) is 0 Å². The fourth-order valence-electron chi connectivity index (χ4n) is 4.47. The fraction of sp³-hybridized carbons (Fsp3) is 0.458. The Balaban J connectivity index is 1.50. The van der Waals surface area contributed by atoms with Crippen LogP contribution in [0.5, 0.6) is 0 Å². The van der Waals surface area contributed by atoms with Crippen molar-refractivity contribution in [1.29, 1.82) is 0 Å². The molecule has 0 unspecified atom stereocenters. The molecule has 166 valence electrons. The van der Waals surface area contributed by atoms with E-state index in [4.69, 9.17) is 0 Å². The molecule has 2 aliphatic heterocycles. The normalized spacial score (nSPS) is 20.0. The molecular formula is C24H31N3O3S. The molecule has 2 heterocycles. The van der Waals surface area contributed by atoms with Gasteiger partial charge < -0.3 is 4.90 Å². The van der Waals surface area contributed by atoms with Crippen molar-refractivity contribution in [2.24, 2.45) is 0 Å². The Morgan fingerprint density at radius 2 is 1.61 bits per heavy atom. The average Bonchev–Trinajstić information content (AvgIpc) is 2.73. The number of rotatable bonds is 4. The van der Waals surface area contributed by atoms with Crippen LogP contribution in [-0.2, 0) is 26.8 Å². The molecule has 0 aliphatic carbocycles. The maximum absolute atomic E-state index is 13.4. The van der Waals surface area contributed by atoms with E-state index in [9.17, 15) is 13.2 Å². The van der Waals surface area contributed by atoms with Crippen LogP contribution in [0.2, 0.25) is 0 Å². The summed E-state index contributed by atoms with van der Waals surface area (Å²) in [5, 5.41) is 0. The Hall–Kier alpha value is -2.22. The summed E-state index contributed by atoms with van der Waals surface area (Å²) in [4.78, 5) is 16.5. The Morgan fingerprint density at radius 3 is 2.26 bits per heavy atom. The molecule has 31 heavy (non-hydrogen) atoms. The molecule has 1 saturated heterocycles. The van der Waals surface area contributed by atoms with E-state index >= 15 is 0 Å². The summed E-state index contributed by atoms with van der Waals surface area (Å²) in [6, 6.07) is 13.7. The lowest BCUT2D eigenvalue weighted by Crippen LogP contribution is -2.48. The second-order valence-electron chi connectivity index (χ2n) is 9.36. The molecule has 4 rings (SSSR count). The first-order valence-electron chi connectivity index (χ1n) is 10.8. The van der Waals surface area contributed by atoms with Crippen LogP contribution in [0.1, 0.15) is 37.0 Å². The Labute approximate surface area is 185 Å². The van der Waals surface area contributed by atoms with E-state index in [1.807, 2.05) is 13.8 Å². The van der Waals surface area contributed by atoms with Crippen LogP contribution >= 0.6 is 0 Å². The van der Waals surface area contributed by atoms with Crippen molar-refractivity contribution in [2.75, 3.05) is 38.1 Å². The van der Waals surface area contributed by atoms with E-state index in [2.05, 4.69) is 36.1 Å². The minimum Gasteiger partial charge on any atom is -0.315 e. The zero-order chi connectivity index (χ0) is 22.4. The minimum absolute atomic E-state index is 0.0535. The zero-order valence-electron chi connectivity index (χ0n) is 18.8. The lowest BCUT2D eigenvalue weighted by atomic mass is 9.77. The number of hydrogen-bond donors (Lipinski definition) is 0. The lowest BCUT2D eigenvalue weighted by molar-refractivity contribution is -0.119. The van der Waals surface area contributed by atoms with E-state index in [0.29, 0.717) is 37.5 Å². The maximum Gasteiger partial charge on any atom is 0.243 e. The number of nitrogens with zero attached hydrogens (tertiary/aromatic N) is 3. The largest absolute Gasteiger partial charge is 0.315 e. The second kappa shape index (κ2) is 8.04. The van der Waals surface area contributed by atoms with Crippen LogP contribution in [0.25, 0.3) is 0 Å². The van der Waals surface area contributed by atoms with Crippen molar-refractivity contribution < 1.29 is 13.2 Å². The van der Waals surface area contributed by atoms with Gasteiger partial charge in [0.15, 0.2) is 0 Å². The summed E-state index contributed by atoms with van der Waals surface area (Å²) in [7, 11) is -1.83. The molecule has 0 saturated carbocycles. The molecule has 2 aromatic carbocycles. The summed E-state index contributed by atoms with van der Waals surface area (Å²) in [5.41, 5.74) is 3.80. The first kappa shape index (κ1) is 22.0. The zero-order valence-corrected chi connectivity index (χ0v) is 19.6. The molecule has 0 bridgehead atoms. The predicted octanol–water partition coefficient (Wildman–Crippen LogP) is 3.15. The standard InChI is InChI=1S/C24H31N3O3S/c1-18-5-7-19(8-6-18)17-26-11-13-27(14-12-26)31(29,30)20-9-10-22-21(15-20)24(2,3)16-23(28)25(22)4/h5-10,15H,11-14,16-17H2,1-4H3. The molecule has 0 radical (unpaired) electrons. The van der Waals surface area contributed by atoms with Gasteiger partial charge in [0.05, 0.1) is 4.90 Å². The summed E-state index contributed by atoms with van der Waals surface area (Å²) in [5.74, 6) is 0.0535. The first-order chi connectivity index (χ1) is 14.6. The van der Waals surface area contributed by atoms with Crippen molar-refractivity contribution in [1.82, 2.24) is 9.21 Å². The van der Waals surface area contributed by atoms with Gasteiger partial charge in [0.25, 0.3) is 0 Å². The Kier molecular flexibility index (Phi) is 5.70.